The van der Waals surface area contributed by atoms with Gasteiger partial charge in [0.1, 0.15) is 11.6 Å². The first-order chi connectivity index (χ1) is 9.54. The van der Waals surface area contributed by atoms with E-state index < -0.39 is 0 Å². The van der Waals surface area contributed by atoms with Crippen LogP contribution >= 0.6 is 0 Å². The van der Waals surface area contributed by atoms with Gasteiger partial charge in [-0.05, 0) is 29.8 Å². The van der Waals surface area contributed by atoms with Crippen molar-refractivity contribution >= 4 is 17.5 Å². The molecule has 0 aliphatic heterocycles. The summed E-state index contributed by atoms with van der Waals surface area (Å²) < 4.78 is 12.8. The van der Waals surface area contributed by atoms with Gasteiger partial charge in [-0.2, -0.15) is 0 Å². The van der Waals surface area contributed by atoms with Crippen LogP contribution in [0.15, 0.2) is 42.6 Å². The van der Waals surface area contributed by atoms with Crippen LogP contribution in [0.4, 0.5) is 10.2 Å². The van der Waals surface area contributed by atoms with Gasteiger partial charge in [-0.25, -0.2) is 9.37 Å². The Hall–Kier alpha value is -2.56. The number of ketones is 1. The Bertz CT molecular complexity index is 639. The van der Waals surface area contributed by atoms with Crippen molar-refractivity contribution < 1.29 is 14.0 Å². The molecular formula is C15H13FN2O2. The van der Waals surface area contributed by atoms with E-state index in [2.05, 4.69) is 10.3 Å². The van der Waals surface area contributed by atoms with Gasteiger partial charge in [0.15, 0.2) is 5.78 Å². The number of hydrogen-bond acceptors (Lipinski definition) is 3. The van der Waals surface area contributed by atoms with Crippen molar-refractivity contribution in [3.63, 3.8) is 0 Å². The predicted octanol–water partition coefficient (Wildman–Crippen LogP) is 2.60. The van der Waals surface area contributed by atoms with E-state index in [0.29, 0.717) is 11.4 Å². The van der Waals surface area contributed by atoms with E-state index in [0.717, 1.165) is 5.56 Å². The van der Waals surface area contributed by atoms with Gasteiger partial charge >= 0.3 is 0 Å². The van der Waals surface area contributed by atoms with Crippen molar-refractivity contribution in [3.8, 4) is 0 Å². The Kier molecular flexibility index (Phi) is 4.20. The second-order valence-electron chi connectivity index (χ2n) is 4.34. The first-order valence-electron chi connectivity index (χ1n) is 6.06. The van der Waals surface area contributed by atoms with Crippen molar-refractivity contribution in [1.29, 1.82) is 0 Å². The van der Waals surface area contributed by atoms with Gasteiger partial charge in [0.2, 0.25) is 5.91 Å². The van der Waals surface area contributed by atoms with Gasteiger partial charge in [0.05, 0.1) is 0 Å². The van der Waals surface area contributed by atoms with E-state index in [-0.39, 0.29) is 23.9 Å². The molecule has 0 radical (unpaired) electrons. The molecule has 0 saturated heterocycles. The molecule has 2 rings (SSSR count). The van der Waals surface area contributed by atoms with Crippen LogP contribution in [0.2, 0.25) is 0 Å². The Balaban J connectivity index is 2.12. The Morgan fingerprint density at radius 2 is 1.90 bits per heavy atom. The second-order valence-corrected chi connectivity index (χ2v) is 4.34. The molecule has 5 heteroatoms. The van der Waals surface area contributed by atoms with Crippen LogP contribution in [0, 0.1) is 5.82 Å². The monoisotopic (exact) mass is 272 g/mol. The molecule has 0 unspecified atom stereocenters. The second kappa shape index (κ2) is 6.06. The average molecular weight is 272 g/mol. The molecular weight excluding hydrogens is 259 g/mol. The fourth-order valence-corrected chi connectivity index (χ4v) is 1.74. The Morgan fingerprint density at radius 3 is 2.55 bits per heavy atom. The molecule has 0 bridgehead atoms. The number of nitrogens with one attached hydrogen (secondary N) is 1. The summed E-state index contributed by atoms with van der Waals surface area (Å²) in [5.41, 5.74) is 1.18. The van der Waals surface area contributed by atoms with Crippen molar-refractivity contribution in [1.82, 2.24) is 4.98 Å². The van der Waals surface area contributed by atoms with Crippen LogP contribution in [0.5, 0.6) is 0 Å². The summed E-state index contributed by atoms with van der Waals surface area (Å²) in [6, 6.07) is 8.88. The van der Waals surface area contributed by atoms with Gasteiger partial charge in [0.25, 0.3) is 0 Å². The zero-order valence-electron chi connectivity index (χ0n) is 10.9. The number of rotatable bonds is 4. The molecule has 20 heavy (non-hydrogen) atoms. The summed E-state index contributed by atoms with van der Waals surface area (Å²) >= 11 is 0. The van der Waals surface area contributed by atoms with Crippen molar-refractivity contribution in [2.24, 2.45) is 0 Å². The number of anilines is 1. The molecule has 0 aliphatic carbocycles. The number of nitrogens with zero attached hydrogens (tertiary/aromatic N) is 1. The van der Waals surface area contributed by atoms with Crippen molar-refractivity contribution in [2.75, 3.05) is 5.32 Å². The highest BCUT2D eigenvalue weighted by Crippen LogP contribution is 2.11. The summed E-state index contributed by atoms with van der Waals surface area (Å²) in [5, 5.41) is 2.52. The molecule has 1 aromatic carbocycles. The minimum absolute atomic E-state index is 0.120. The topological polar surface area (TPSA) is 59.1 Å². The summed E-state index contributed by atoms with van der Waals surface area (Å²) in [4.78, 5) is 27.0. The van der Waals surface area contributed by atoms with Crippen LogP contribution in [-0.2, 0) is 11.2 Å². The third-order valence-corrected chi connectivity index (χ3v) is 2.66. The molecule has 1 aromatic heterocycles. The molecule has 1 N–H and O–H groups in total. The molecule has 4 nitrogen and oxygen atoms in total. The Morgan fingerprint density at radius 1 is 1.20 bits per heavy atom. The minimum atomic E-state index is -0.335. The lowest BCUT2D eigenvalue weighted by Crippen LogP contribution is -2.09. The van der Waals surface area contributed by atoms with Crippen LogP contribution in [-0.4, -0.2) is 16.7 Å². The number of amides is 1. The standard InChI is InChI=1S/C15H13FN2O2/c1-10(19)18-15-9-12(6-7-17-15)14(20)8-11-2-4-13(16)5-3-11/h2-7,9H,8H2,1H3,(H,17,18,19). The number of carbonyl (C=O) groups is 2. The molecule has 0 atom stereocenters. The van der Waals surface area contributed by atoms with Crippen molar-refractivity contribution in [3.05, 3.63) is 59.5 Å². The van der Waals surface area contributed by atoms with E-state index in [4.69, 9.17) is 0 Å². The van der Waals surface area contributed by atoms with Crippen LogP contribution in [0.1, 0.15) is 22.8 Å². The number of carbonyl (C=O) groups excluding carboxylic acids is 2. The first kappa shape index (κ1) is 13.9. The van der Waals surface area contributed by atoms with E-state index >= 15 is 0 Å². The highest BCUT2D eigenvalue weighted by molar-refractivity contribution is 5.98. The lowest BCUT2D eigenvalue weighted by Gasteiger charge is -2.04. The fourth-order valence-electron chi connectivity index (χ4n) is 1.74. The maximum atomic E-state index is 12.8. The van der Waals surface area contributed by atoms with Crippen molar-refractivity contribution in [2.45, 2.75) is 13.3 Å². The smallest absolute Gasteiger partial charge is 0.222 e. The highest BCUT2D eigenvalue weighted by atomic mass is 19.1. The fraction of sp³-hybridized carbons (Fsp3) is 0.133. The average Bonchev–Trinajstić information content (AvgIpc) is 2.41. The number of aromatic nitrogens is 1. The SMILES string of the molecule is CC(=O)Nc1cc(C(=O)Cc2ccc(F)cc2)ccn1. The Labute approximate surface area is 115 Å². The summed E-state index contributed by atoms with van der Waals surface area (Å²) in [6.07, 6.45) is 1.63. The molecule has 0 saturated carbocycles. The molecule has 1 amide bonds. The number of pyridine rings is 1. The largest absolute Gasteiger partial charge is 0.311 e. The van der Waals surface area contributed by atoms with E-state index in [1.54, 1.807) is 18.2 Å². The van der Waals surface area contributed by atoms with Gasteiger partial charge in [0, 0.05) is 25.1 Å². The molecule has 1 heterocycles. The third-order valence-electron chi connectivity index (χ3n) is 2.66. The molecule has 0 spiro atoms. The first-order valence-corrected chi connectivity index (χ1v) is 6.06. The molecule has 102 valence electrons. The lowest BCUT2D eigenvalue weighted by atomic mass is 10.0. The quantitative estimate of drug-likeness (QED) is 0.870. The number of Topliss-reactive ketones (excluding diaryl/α,β-unsaturated/α-hetero) is 1. The zero-order valence-corrected chi connectivity index (χ0v) is 10.9. The normalized spacial score (nSPS) is 10.1. The van der Waals surface area contributed by atoms with Gasteiger partial charge < -0.3 is 5.32 Å². The number of halogens is 1. The van der Waals surface area contributed by atoms with Gasteiger partial charge in [-0.3, -0.25) is 9.59 Å². The van der Waals surface area contributed by atoms with Crippen LogP contribution in [0.3, 0.4) is 0 Å². The maximum Gasteiger partial charge on any atom is 0.222 e. The maximum absolute atomic E-state index is 12.8. The lowest BCUT2D eigenvalue weighted by molar-refractivity contribution is -0.114. The molecule has 2 aromatic rings. The highest BCUT2D eigenvalue weighted by Gasteiger charge is 2.09. The summed E-state index contributed by atoms with van der Waals surface area (Å²) in [6.45, 7) is 1.37. The van der Waals surface area contributed by atoms with Crippen LogP contribution in [0.25, 0.3) is 0 Å². The van der Waals surface area contributed by atoms with E-state index in [9.17, 15) is 14.0 Å². The number of hydrogen-bond donors (Lipinski definition) is 1. The number of benzene rings is 1. The van der Waals surface area contributed by atoms with E-state index in [1.807, 2.05) is 0 Å². The zero-order chi connectivity index (χ0) is 14.5. The van der Waals surface area contributed by atoms with Gasteiger partial charge in [-0.15, -0.1) is 0 Å². The van der Waals surface area contributed by atoms with Gasteiger partial charge in [-0.1, -0.05) is 12.1 Å². The molecule has 0 fully saturated rings. The summed E-state index contributed by atoms with van der Waals surface area (Å²) in [7, 11) is 0. The van der Waals surface area contributed by atoms with Crippen LogP contribution < -0.4 is 5.32 Å². The predicted molar refractivity (Wildman–Crippen MR) is 73.0 cm³/mol. The third kappa shape index (κ3) is 3.71. The summed E-state index contributed by atoms with van der Waals surface area (Å²) in [5.74, 6) is -0.369. The van der Waals surface area contributed by atoms with E-state index in [1.165, 1.54) is 31.3 Å². The molecule has 0 aliphatic rings. The minimum Gasteiger partial charge on any atom is -0.311 e.